The molecule has 0 atom stereocenters. The lowest BCUT2D eigenvalue weighted by molar-refractivity contribution is 0.0786. The van der Waals surface area contributed by atoms with Crippen LogP contribution < -0.4 is 16.6 Å². The van der Waals surface area contributed by atoms with Crippen LogP contribution in [-0.4, -0.2) is 25.0 Å². The fourth-order valence-corrected chi connectivity index (χ4v) is 4.47. The quantitative estimate of drug-likeness (QED) is 0.240. The molecule has 0 saturated carbocycles. The normalized spacial score (nSPS) is 11.8. The van der Waals surface area contributed by atoms with Gasteiger partial charge in [0.25, 0.3) is 5.56 Å². The van der Waals surface area contributed by atoms with Gasteiger partial charge in [-0.2, -0.15) is 0 Å². The lowest BCUT2D eigenvalue weighted by Gasteiger charge is -2.20. The fourth-order valence-electron chi connectivity index (χ4n) is 3.88. The monoisotopic (exact) mass is 506 g/mol. The minimum atomic E-state index is -1.11. The van der Waals surface area contributed by atoms with Crippen molar-refractivity contribution in [3.63, 3.8) is 0 Å². The largest absolute Gasteiger partial charge is 0.386 e. The number of nitrogens with two attached hydrogens (primary N) is 1. The minimum Gasteiger partial charge on any atom is -0.386 e. The first-order chi connectivity index (χ1) is 16.6. The molecule has 176 valence electrons. The summed E-state index contributed by atoms with van der Waals surface area (Å²) < 4.78 is 0. The Kier molecular flexibility index (Phi) is 5.59. The molecule has 0 fully saturated rings. The topological polar surface area (TPSA) is 130 Å². The van der Waals surface area contributed by atoms with Crippen molar-refractivity contribution in [3.8, 4) is 11.1 Å². The molecule has 35 heavy (non-hydrogen) atoms. The molecule has 0 unspecified atom stereocenters. The molecule has 8 nitrogen and oxygen atoms in total. The second kappa shape index (κ2) is 8.49. The summed E-state index contributed by atoms with van der Waals surface area (Å²) in [6, 6.07) is 10.6. The van der Waals surface area contributed by atoms with Gasteiger partial charge in [-0.1, -0.05) is 29.3 Å². The van der Waals surface area contributed by atoms with Crippen LogP contribution in [0.5, 0.6) is 0 Å². The van der Waals surface area contributed by atoms with Gasteiger partial charge in [-0.15, -0.1) is 0 Å². The zero-order chi connectivity index (χ0) is 24.9. The molecule has 0 amide bonds. The number of hydrogen-bond donors (Lipinski definition) is 4. The molecular weight excluding hydrogens is 487 g/mol. The number of nitrogens with one attached hydrogen (secondary N) is 2. The van der Waals surface area contributed by atoms with Crippen molar-refractivity contribution in [1.29, 1.82) is 0 Å². The first kappa shape index (κ1) is 23.0. The van der Waals surface area contributed by atoms with E-state index < -0.39 is 5.60 Å². The number of benzene rings is 2. The zero-order valence-electron chi connectivity index (χ0n) is 18.7. The molecule has 3 heterocycles. The van der Waals surface area contributed by atoms with Gasteiger partial charge in [0.15, 0.2) is 0 Å². The maximum absolute atomic E-state index is 12.9. The number of fused-ring (bicyclic) bond motifs is 3. The van der Waals surface area contributed by atoms with Crippen molar-refractivity contribution >= 4 is 62.3 Å². The average Bonchev–Trinajstić information content (AvgIpc) is 2.81. The number of nitrogens with zero attached hydrogens (tertiary/aromatic N) is 3. The van der Waals surface area contributed by atoms with Crippen LogP contribution in [0, 0.1) is 0 Å². The average molecular weight is 507 g/mol. The summed E-state index contributed by atoms with van der Waals surface area (Å²) in [6.45, 7) is 3.30. The highest BCUT2D eigenvalue weighted by Gasteiger charge is 2.21. The Morgan fingerprint density at radius 2 is 1.69 bits per heavy atom. The second-order valence-corrected chi connectivity index (χ2v) is 9.43. The fraction of sp³-hybridized carbons (Fsp3) is 0.120. The van der Waals surface area contributed by atoms with Gasteiger partial charge in [-0.05, 0) is 55.3 Å². The highest BCUT2D eigenvalue weighted by Crippen LogP contribution is 2.39. The highest BCUT2D eigenvalue weighted by atomic mass is 35.5. The molecule has 0 aliphatic rings. The van der Waals surface area contributed by atoms with Crippen LogP contribution >= 0.6 is 23.2 Å². The second-order valence-electron chi connectivity index (χ2n) is 8.62. The molecular formula is C25H20Cl2N6O2. The maximum atomic E-state index is 12.9. The van der Waals surface area contributed by atoms with Crippen LogP contribution in [0.25, 0.3) is 32.8 Å². The minimum absolute atomic E-state index is 0.182. The van der Waals surface area contributed by atoms with Crippen LogP contribution in [-0.2, 0) is 5.60 Å². The summed E-state index contributed by atoms with van der Waals surface area (Å²) in [5, 5.41) is 15.9. The predicted octanol–water partition coefficient (Wildman–Crippen LogP) is 5.39. The molecule has 3 aromatic heterocycles. The van der Waals surface area contributed by atoms with Gasteiger partial charge in [0.05, 0.1) is 32.2 Å². The van der Waals surface area contributed by atoms with Gasteiger partial charge in [0, 0.05) is 34.9 Å². The number of nitrogen functional groups attached to an aromatic ring is 1. The first-order valence-electron chi connectivity index (χ1n) is 10.6. The number of rotatable bonds is 4. The van der Waals surface area contributed by atoms with Crippen molar-refractivity contribution in [2.24, 2.45) is 0 Å². The number of H-pyrrole nitrogens is 1. The Morgan fingerprint density at radius 3 is 2.34 bits per heavy atom. The van der Waals surface area contributed by atoms with Gasteiger partial charge >= 0.3 is 0 Å². The summed E-state index contributed by atoms with van der Waals surface area (Å²) in [5.74, 6) is 0.601. The summed E-state index contributed by atoms with van der Waals surface area (Å²) in [7, 11) is 0. The SMILES string of the molecule is CC(C)(O)c1cc(Cl)c(Nc2nc3ccc(-c4cnc(N)nc4)cc3c3c(=O)[nH]ccc23)c(Cl)c1. The van der Waals surface area contributed by atoms with E-state index in [2.05, 4.69) is 20.3 Å². The summed E-state index contributed by atoms with van der Waals surface area (Å²) >= 11 is 13.0. The number of halogens is 2. The van der Waals surface area contributed by atoms with Crippen molar-refractivity contribution < 1.29 is 5.11 Å². The van der Waals surface area contributed by atoms with Crippen LogP contribution in [0.1, 0.15) is 19.4 Å². The third-order valence-corrected chi connectivity index (χ3v) is 6.31. The van der Waals surface area contributed by atoms with Gasteiger partial charge in [-0.25, -0.2) is 15.0 Å². The molecule has 5 aromatic rings. The first-order valence-corrected chi connectivity index (χ1v) is 11.4. The maximum Gasteiger partial charge on any atom is 0.256 e. The van der Waals surface area contributed by atoms with E-state index in [9.17, 15) is 9.90 Å². The highest BCUT2D eigenvalue weighted by molar-refractivity contribution is 6.39. The van der Waals surface area contributed by atoms with Gasteiger partial charge in [-0.3, -0.25) is 4.79 Å². The number of aromatic nitrogens is 4. The number of pyridine rings is 2. The summed E-state index contributed by atoms with van der Waals surface area (Å²) in [5.41, 5.74) is 7.39. The van der Waals surface area contributed by atoms with Crippen LogP contribution in [0.15, 0.2) is 59.8 Å². The Balaban J connectivity index is 1.69. The number of hydrogen-bond acceptors (Lipinski definition) is 7. The standard InChI is InChI=1S/C25H20Cl2N6O2/c1-25(2,35)14-8-17(26)21(18(27)9-14)33-22-15-5-6-29-23(34)20(15)16-7-12(3-4-19(16)32-22)13-10-30-24(28)31-11-13/h3-11,35H,1-2H3,(H,29,34)(H,32,33)(H2,28,30,31). The summed E-state index contributed by atoms with van der Waals surface area (Å²) in [4.78, 5) is 28.5. The van der Waals surface area contributed by atoms with E-state index in [1.165, 1.54) is 0 Å². The number of aromatic amines is 1. The Bertz CT molecular complexity index is 1640. The van der Waals surface area contributed by atoms with Crippen molar-refractivity contribution in [2.75, 3.05) is 11.1 Å². The van der Waals surface area contributed by atoms with E-state index in [4.69, 9.17) is 33.9 Å². The van der Waals surface area contributed by atoms with Crippen molar-refractivity contribution in [3.05, 3.63) is 81.0 Å². The molecule has 5 rings (SSSR count). The van der Waals surface area contributed by atoms with Crippen LogP contribution in [0.4, 0.5) is 17.5 Å². The van der Waals surface area contributed by atoms with Crippen molar-refractivity contribution in [1.82, 2.24) is 19.9 Å². The Labute approximate surface area is 209 Å². The Hall–Kier alpha value is -3.72. The van der Waals surface area contributed by atoms with Crippen LogP contribution in [0.3, 0.4) is 0 Å². The summed E-state index contributed by atoms with van der Waals surface area (Å²) in [6.07, 6.45) is 4.81. The lowest BCUT2D eigenvalue weighted by atomic mass is 9.98. The molecule has 0 radical (unpaired) electrons. The van der Waals surface area contributed by atoms with E-state index in [1.807, 2.05) is 18.2 Å². The van der Waals surface area contributed by atoms with Crippen LogP contribution in [0.2, 0.25) is 10.0 Å². The van der Waals surface area contributed by atoms with Gasteiger partial charge in [0.1, 0.15) is 5.82 Å². The molecule has 5 N–H and O–H groups in total. The third kappa shape index (κ3) is 4.27. The van der Waals surface area contributed by atoms with E-state index >= 15 is 0 Å². The number of aliphatic hydroxyl groups is 1. The number of anilines is 3. The van der Waals surface area contributed by atoms with E-state index in [0.717, 1.165) is 11.1 Å². The molecule has 0 aliphatic carbocycles. The van der Waals surface area contributed by atoms with E-state index in [1.54, 1.807) is 50.6 Å². The van der Waals surface area contributed by atoms with Gasteiger partial charge in [0.2, 0.25) is 5.95 Å². The molecule has 0 aliphatic heterocycles. The van der Waals surface area contributed by atoms with E-state index in [0.29, 0.717) is 48.8 Å². The zero-order valence-corrected chi connectivity index (χ0v) is 20.2. The Morgan fingerprint density at radius 1 is 1.00 bits per heavy atom. The molecule has 0 saturated heterocycles. The smallest absolute Gasteiger partial charge is 0.256 e. The predicted molar refractivity (Wildman–Crippen MR) is 140 cm³/mol. The van der Waals surface area contributed by atoms with E-state index in [-0.39, 0.29) is 11.5 Å². The molecule has 0 spiro atoms. The lowest BCUT2D eigenvalue weighted by Crippen LogP contribution is -2.15. The molecule has 0 bridgehead atoms. The third-order valence-electron chi connectivity index (χ3n) is 5.71. The van der Waals surface area contributed by atoms with Crippen molar-refractivity contribution in [2.45, 2.75) is 19.4 Å². The van der Waals surface area contributed by atoms with Gasteiger partial charge < -0.3 is 21.1 Å². The molecule has 2 aromatic carbocycles. The molecule has 10 heteroatoms.